The molecule has 3 unspecified atom stereocenters. The quantitative estimate of drug-likeness (QED) is 0.672. The zero-order valence-electron chi connectivity index (χ0n) is 12.0. The second kappa shape index (κ2) is 7.74. The van der Waals surface area contributed by atoms with E-state index in [4.69, 9.17) is 5.73 Å². The van der Waals surface area contributed by atoms with Crippen molar-refractivity contribution >= 4 is 5.91 Å². The zero-order valence-corrected chi connectivity index (χ0v) is 12.0. The molecular formula is C14H29N3O. The minimum absolute atomic E-state index is 0.217. The van der Waals surface area contributed by atoms with Crippen LogP contribution in [0.25, 0.3) is 0 Å². The Morgan fingerprint density at radius 3 is 2.67 bits per heavy atom. The third-order valence-corrected chi connectivity index (χ3v) is 3.74. The molecule has 18 heavy (non-hydrogen) atoms. The van der Waals surface area contributed by atoms with E-state index >= 15 is 0 Å². The van der Waals surface area contributed by atoms with E-state index in [1.54, 1.807) is 0 Å². The summed E-state index contributed by atoms with van der Waals surface area (Å²) in [6.07, 6.45) is 6.24. The lowest BCUT2D eigenvalue weighted by Gasteiger charge is -2.26. The third-order valence-electron chi connectivity index (χ3n) is 3.74. The van der Waals surface area contributed by atoms with E-state index in [1.165, 1.54) is 25.7 Å². The van der Waals surface area contributed by atoms with Gasteiger partial charge in [0, 0.05) is 12.1 Å². The standard InChI is InChI=1S/C14H29N3O/c1-10(2)13(14(15)18)17-11(3)9-12-7-5-4-6-8-16-12/h10-13,16-17H,4-9H2,1-3H3,(H2,15,18). The van der Waals surface area contributed by atoms with Crippen molar-refractivity contribution in [1.29, 1.82) is 0 Å². The van der Waals surface area contributed by atoms with Crippen LogP contribution in [0.1, 0.15) is 52.9 Å². The van der Waals surface area contributed by atoms with Gasteiger partial charge in [-0.05, 0) is 38.6 Å². The van der Waals surface area contributed by atoms with Gasteiger partial charge in [-0.1, -0.05) is 26.7 Å². The molecule has 4 nitrogen and oxygen atoms in total. The van der Waals surface area contributed by atoms with E-state index in [0.717, 1.165) is 13.0 Å². The molecule has 4 heteroatoms. The molecule has 1 aliphatic rings. The van der Waals surface area contributed by atoms with Crippen LogP contribution in [0.3, 0.4) is 0 Å². The number of rotatable bonds is 6. The van der Waals surface area contributed by atoms with Crippen molar-refractivity contribution in [1.82, 2.24) is 10.6 Å². The SMILES string of the molecule is CC(CC1CCCCCN1)NC(C(N)=O)C(C)C. The maximum Gasteiger partial charge on any atom is 0.234 e. The first-order chi connectivity index (χ1) is 8.50. The average molecular weight is 255 g/mol. The van der Waals surface area contributed by atoms with Crippen molar-refractivity contribution in [3.05, 3.63) is 0 Å². The molecule has 1 fully saturated rings. The van der Waals surface area contributed by atoms with Gasteiger partial charge >= 0.3 is 0 Å². The van der Waals surface area contributed by atoms with Crippen LogP contribution < -0.4 is 16.4 Å². The van der Waals surface area contributed by atoms with E-state index < -0.39 is 0 Å². The first-order valence-electron chi connectivity index (χ1n) is 7.29. The average Bonchev–Trinajstić information content (AvgIpc) is 2.53. The highest BCUT2D eigenvalue weighted by atomic mass is 16.1. The summed E-state index contributed by atoms with van der Waals surface area (Å²) in [5.41, 5.74) is 5.43. The van der Waals surface area contributed by atoms with Gasteiger partial charge in [-0.3, -0.25) is 4.79 Å². The summed E-state index contributed by atoms with van der Waals surface area (Å²) < 4.78 is 0. The highest BCUT2D eigenvalue weighted by Gasteiger charge is 2.23. The van der Waals surface area contributed by atoms with Crippen LogP contribution in [0.5, 0.6) is 0 Å². The molecule has 0 saturated carbocycles. The number of hydrogen-bond donors (Lipinski definition) is 3. The molecule has 1 rings (SSSR count). The van der Waals surface area contributed by atoms with Crippen LogP contribution in [-0.4, -0.2) is 30.6 Å². The molecule has 1 amide bonds. The minimum Gasteiger partial charge on any atom is -0.368 e. The van der Waals surface area contributed by atoms with Gasteiger partial charge < -0.3 is 16.4 Å². The van der Waals surface area contributed by atoms with Gasteiger partial charge in [0.1, 0.15) is 0 Å². The van der Waals surface area contributed by atoms with Crippen LogP contribution in [-0.2, 0) is 4.79 Å². The lowest BCUT2D eigenvalue weighted by molar-refractivity contribution is -0.121. The number of primary amides is 1. The summed E-state index contributed by atoms with van der Waals surface area (Å²) in [6, 6.07) is 0.682. The number of nitrogens with two attached hydrogens (primary N) is 1. The van der Waals surface area contributed by atoms with Crippen molar-refractivity contribution in [3.8, 4) is 0 Å². The van der Waals surface area contributed by atoms with Gasteiger partial charge in [0.2, 0.25) is 5.91 Å². The molecule has 0 bridgehead atoms. The van der Waals surface area contributed by atoms with Crippen LogP contribution in [0.4, 0.5) is 0 Å². The number of amides is 1. The van der Waals surface area contributed by atoms with Crippen LogP contribution in [0.15, 0.2) is 0 Å². The maximum atomic E-state index is 11.4. The molecule has 1 aliphatic heterocycles. The maximum absolute atomic E-state index is 11.4. The van der Waals surface area contributed by atoms with Crippen LogP contribution in [0.2, 0.25) is 0 Å². The molecule has 0 aromatic heterocycles. The second-order valence-electron chi connectivity index (χ2n) is 5.93. The smallest absolute Gasteiger partial charge is 0.234 e. The van der Waals surface area contributed by atoms with Crippen LogP contribution in [0, 0.1) is 5.92 Å². The number of carbonyl (C=O) groups is 1. The molecule has 106 valence electrons. The van der Waals surface area contributed by atoms with Crippen molar-refractivity contribution in [3.63, 3.8) is 0 Å². The highest BCUT2D eigenvalue weighted by Crippen LogP contribution is 2.13. The Morgan fingerprint density at radius 2 is 2.06 bits per heavy atom. The summed E-state index contributed by atoms with van der Waals surface area (Å²) in [6.45, 7) is 7.32. The molecular weight excluding hydrogens is 226 g/mol. The zero-order chi connectivity index (χ0) is 13.5. The van der Waals surface area contributed by atoms with Gasteiger partial charge in [0.15, 0.2) is 0 Å². The molecule has 3 atom stereocenters. The van der Waals surface area contributed by atoms with E-state index in [0.29, 0.717) is 12.1 Å². The Kier molecular flexibility index (Phi) is 6.65. The largest absolute Gasteiger partial charge is 0.368 e. The van der Waals surface area contributed by atoms with Crippen LogP contribution >= 0.6 is 0 Å². The van der Waals surface area contributed by atoms with Crippen molar-refractivity contribution in [2.75, 3.05) is 6.54 Å². The summed E-state index contributed by atoms with van der Waals surface area (Å²) in [4.78, 5) is 11.4. The molecule has 0 aliphatic carbocycles. The molecule has 0 radical (unpaired) electrons. The number of carbonyl (C=O) groups excluding carboxylic acids is 1. The minimum atomic E-state index is -0.245. The molecule has 4 N–H and O–H groups in total. The van der Waals surface area contributed by atoms with Gasteiger partial charge in [0.25, 0.3) is 0 Å². The lowest BCUT2D eigenvalue weighted by atomic mass is 9.99. The van der Waals surface area contributed by atoms with Gasteiger partial charge in [0.05, 0.1) is 6.04 Å². The topological polar surface area (TPSA) is 67.2 Å². The van der Waals surface area contributed by atoms with E-state index in [1.807, 2.05) is 13.8 Å². The summed E-state index contributed by atoms with van der Waals surface area (Å²) >= 11 is 0. The summed E-state index contributed by atoms with van der Waals surface area (Å²) in [5.74, 6) is -0.00211. The Labute approximate surface area is 111 Å². The summed E-state index contributed by atoms with van der Waals surface area (Å²) in [5, 5.41) is 6.96. The fourth-order valence-corrected chi connectivity index (χ4v) is 2.71. The number of hydrogen-bond acceptors (Lipinski definition) is 3. The number of nitrogens with one attached hydrogen (secondary N) is 2. The predicted octanol–water partition coefficient (Wildman–Crippen LogP) is 1.40. The first-order valence-corrected chi connectivity index (χ1v) is 7.29. The van der Waals surface area contributed by atoms with E-state index in [9.17, 15) is 4.79 Å². The monoisotopic (exact) mass is 255 g/mol. The first kappa shape index (κ1) is 15.4. The van der Waals surface area contributed by atoms with Crippen molar-refractivity contribution < 1.29 is 4.79 Å². The van der Waals surface area contributed by atoms with E-state index in [-0.39, 0.29) is 17.9 Å². The third kappa shape index (κ3) is 5.36. The molecule has 1 saturated heterocycles. The molecule has 1 heterocycles. The normalized spacial score (nSPS) is 24.6. The Hall–Kier alpha value is -0.610. The Morgan fingerprint density at radius 1 is 1.33 bits per heavy atom. The molecule has 0 spiro atoms. The fourth-order valence-electron chi connectivity index (χ4n) is 2.71. The Balaban J connectivity index is 2.38. The predicted molar refractivity (Wildman–Crippen MR) is 75.3 cm³/mol. The van der Waals surface area contributed by atoms with Gasteiger partial charge in [-0.25, -0.2) is 0 Å². The summed E-state index contributed by atoms with van der Waals surface area (Å²) in [7, 11) is 0. The second-order valence-corrected chi connectivity index (χ2v) is 5.93. The molecule has 0 aromatic carbocycles. The fraction of sp³-hybridized carbons (Fsp3) is 0.929. The lowest BCUT2D eigenvalue weighted by Crippen LogP contribution is -2.50. The van der Waals surface area contributed by atoms with E-state index in [2.05, 4.69) is 17.6 Å². The van der Waals surface area contributed by atoms with Crippen molar-refractivity contribution in [2.45, 2.75) is 71.0 Å². The highest BCUT2D eigenvalue weighted by molar-refractivity contribution is 5.80. The Bertz CT molecular complexity index is 247. The van der Waals surface area contributed by atoms with Crippen molar-refractivity contribution in [2.24, 2.45) is 11.7 Å². The molecule has 0 aromatic rings. The van der Waals surface area contributed by atoms with Gasteiger partial charge in [-0.15, -0.1) is 0 Å². The van der Waals surface area contributed by atoms with Gasteiger partial charge in [-0.2, -0.15) is 0 Å².